The number of fused-ring (bicyclic) bond motifs is 1. The summed E-state index contributed by atoms with van der Waals surface area (Å²) in [5, 5.41) is 29.6. The molecule has 1 fully saturated rings. The average molecular weight is 325 g/mol. The highest BCUT2D eigenvalue weighted by molar-refractivity contribution is 7.80. The number of nitrogens with two attached hydrogens (primary N) is 2. The van der Waals surface area contributed by atoms with Crippen molar-refractivity contribution in [3.8, 4) is 0 Å². The summed E-state index contributed by atoms with van der Waals surface area (Å²) < 4.78 is 6.97. The first-order valence-corrected chi connectivity index (χ1v) is 6.89. The quantitative estimate of drug-likeness (QED) is 0.414. The lowest BCUT2D eigenvalue weighted by molar-refractivity contribution is -0.0508. The van der Waals surface area contributed by atoms with Gasteiger partial charge in [0.2, 0.25) is 0 Å². The van der Waals surface area contributed by atoms with Crippen LogP contribution in [0.2, 0.25) is 0 Å². The minimum atomic E-state index is -1.25. The fourth-order valence-electron chi connectivity index (χ4n) is 2.60. The van der Waals surface area contributed by atoms with Gasteiger partial charge in [-0.25, -0.2) is 9.97 Å². The Balaban J connectivity index is 2.16. The third-order valence-electron chi connectivity index (χ3n) is 3.70. The van der Waals surface area contributed by atoms with Crippen LogP contribution in [-0.2, 0) is 4.74 Å². The first-order valence-electron chi connectivity index (χ1n) is 6.49. The van der Waals surface area contributed by atoms with E-state index < -0.39 is 31.1 Å². The molecule has 0 bridgehead atoms. The van der Waals surface area contributed by atoms with E-state index in [4.69, 9.17) is 28.4 Å². The topological polar surface area (TPSA) is 153 Å². The molecular formula is C12H15N5O4S. The van der Waals surface area contributed by atoms with E-state index in [9.17, 15) is 15.3 Å². The largest absolute Gasteiger partial charge is 0.394 e. The van der Waals surface area contributed by atoms with E-state index in [1.165, 1.54) is 10.9 Å². The number of anilines is 1. The van der Waals surface area contributed by atoms with Gasteiger partial charge >= 0.3 is 0 Å². The Kier molecular flexibility index (Phi) is 3.70. The van der Waals surface area contributed by atoms with Gasteiger partial charge in [0.1, 0.15) is 41.1 Å². The number of thiocarbonyl (C=S) groups is 1. The molecule has 2 aromatic heterocycles. The number of nitrogens with zero attached hydrogens (tertiary/aromatic N) is 3. The highest BCUT2D eigenvalue weighted by atomic mass is 32.1. The second-order valence-electron chi connectivity index (χ2n) is 5.00. The third-order valence-corrected chi connectivity index (χ3v) is 3.92. The molecule has 3 rings (SSSR count). The van der Waals surface area contributed by atoms with E-state index in [-0.39, 0.29) is 10.8 Å². The molecular weight excluding hydrogens is 310 g/mol. The van der Waals surface area contributed by atoms with E-state index in [2.05, 4.69) is 9.97 Å². The Bertz CT molecular complexity index is 736. The molecule has 0 aromatic carbocycles. The SMILES string of the molecule is NC(=S)c1cn([C@@H]2O[C@@H](CO)[C@H](O)[C@H]2O)c2ncnc(N)c12. The monoisotopic (exact) mass is 325 g/mol. The van der Waals surface area contributed by atoms with Gasteiger partial charge in [-0.3, -0.25) is 0 Å². The minimum Gasteiger partial charge on any atom is -0.394 e. The first kappa shape index (κ1) is 15.1. The highest BCUT2D eigenvalue weighted by Crippen LogP contribution is 2.34. The average Bonchev–Trinajstić information content (AvgIpc) is 3.00. The van der Waals surface area contributed by atoms with Crippen molar-refractivity contribution in [2.45, 2.75) is 24.5 Å². The van der Waals surface area contributed by atoms with Crippen LogP contribution in [0.25, 0.3) is 11.0 Å². The molecule has 0 saturated carbocycles. The van der Waals surface area contributed by atoms with E-state index in [1.807, 2.05) is 0 Å². The van der Waals surface area contributed by atoms with E-state index in [0.717, 1.165) is 0 Å². The maximum Gasteiger partial charge on any atom is 0.164 e. The van der Waals surface area contributed by atoms with Crippen LogP contribution in [0.4, 0.5) is 5.82 Å². The molecule has 3 heterocycles. The van der Waals surface area contributed by atoms with Crippen LogP contribution in [0.15, 0.2) is 12.5 Å². The Morgan fingerprint density at radius 2 is 2.09 bits per heavy atom. The first-order chi connectivity index (χ1) is 10.5. The molecule has 22 heavy (non-hydrogen) atoms. The number of nitrogen functional groups attached to an aromatic ring is 1. The molecule has 0 amide bonds. The smallest absolute Gasteiger partial charge is 0.164 e. The Morgan fingerprint density at radius 1 is 1.36 bits per heavy atom. The predicted octanol–water partition coefficient (Wildman–Crippen LogP) is -1.74. The normalized spacial score (nSPS) is 28.3. The van der Waals surface area contributed by atoms with Gasteiger partial charge < -0.3 is 36.1 Å². The molecule has 1 aliphatic heterocycles. The second kappa shape index (κ2) is 5.41. The van der Waals surface area contributed by atoms with Crippen LogP contribution in [0.1, 0.15) is 11.8 Å². The molecule has 7 N–H and O–H groups in total. The van der Waals surface area contributed by atoms with Crippen molar-refractivity contribution in [3.63, 3.8) is 0 Å². The van der Waals surface area contributed by atoms with Crippen molar-refractivity contribution in [1.82, 2.24) is 14.5 Å². The highest BCUT2D eigenvalue weighted by Gasteiger charge is 2.44. The predicted molar refractivity (Wildman–Crippen MR) is 80.8 cm³/mol. The summed E-state index contributed by atoms with van der Waals surface area (Å²) in [6, 6.07) is 0. The molecule has 0 unspecified atom stereocenters. The summed E-state index contributed by atoms with van der Waals surface area (Å²) in [7, 11) is 0. The number of ether oxygens (including phenoxy) is 1. The lowest BCUT2D eigenvalue weighted by Crippen LogP contribution is -2.33. The van der Waals surface area contributed by atoms with Crippen LogP contribution in [0.3, 0.4) is 0 Å². The molecule has 4 atom stereocenters. The van der Waals surface area contributed by atoms with Crippen molar-refractivity contribution >= 4 is 34.1 Å². The van der Waals surface area contributed by atoms with Gasteiger partial charge in [-0.2, -0.15) is 0 Å². The Morgan fingerprint density at radius 3 is 2.68 bits per heavy atom. The minimum absolute atomic E-state index is 0.0944. The number of rotatable bonds is 3. The summed E-state index contributed by atoms with van der Waals surface area (Å²) in [4.78, 5) is 8.12. The fraction of sp³-hybridized carbons (Fsp3) is 0.417. The van der Waals surface area contributed by atoms with Crippen LogP contribution < -0.4 is 11.5 Å². The summed E-state index contributed by atoms with van der Waals surface area (Å²) >= 11 is 5.00. The van der Waals surface area contributed by atoms with Gasteiger partial charge in [0.15, 0.2) is 6.23 Å². The molecule has 10 heteroatoms. The van der Waals surface area contributed by atoms with Gasteiger partial charge in [-0.05, 0) is 0 Å². The summed E-state index contributed by atoms with van der Waals surface area (Å²) in [6.45, 7) is -0.423. The Labute approximate surface area is 130 Å². The fourth-order valence-corrected chi connectivity index (χ4v) is 2.75. The van der Waals surface area contributed by atoms with Crippen molar-refractivity contribution < 1.29 is 20.1 Å². The summed E-state index contributed by atoms with van der Waals surface area (Å²) in [6.07, 6.45) is -1.52. The van der Waals surface area contributed by atoms with Crippen molar-refractivity contribution in [2.75, 3.05) is 12.3 Å². The Hall–Kier alpha value is -1.85. The molecule has 0 aliphatic carbocycles. The number of aliphatic hydroxyl groups is 3. The van der Waals surface area contributed by atoms with Gasteiger partial charge in [-0.15, -0.1) is 0 Å². The van der Waals surface area contributed by atoms with E-state index in [1.54, 1.807) is 6.20 Å². The maximum atomic E-state index is 10.1. The molecule has 1 aliphatic rings. The molecule has 1 saturated heterocycles. The second-order valence-corrected chi connectivity index (χ2v) is 5.44. The van der Waals surface area contributed by atoms with Crippen LogP contribution in [0, 0.1) is 0 Å². The van der Waals surface area contributed by atoms with Crippen molar-refractivity contribution in [2.24, 2.45) is 5.73 Å². The molecule has 118 valence electrons. The maximum absolute atomic E-state index is 10.1. The summed E-state index contributed by atoms with van der Waals surface area (Å²) in [5.41, 5.74) is 12.4. The molecule has 2 aromatic rings. The van der Waals surface area contributed by atoms with E-state index >= 15 is 0 Å². The van der Waals surface area contributed by atoms with Gasteiger partial charge in [-0.1, -0.05) is 12.2 Å². The lowest BCUT2D eigenvalue weighted by atomic mass is 10.1. The molecule has 0 spiro atoms. The van der Waals surface area contributed by atoms with Gasteiger partial charge in [0.05, 0.1) is 12.0 Å². The number of aliphatic hydroxyl groups excluding tert-OH is 3. The molecule has 9 nitrogen and oxygen atoms in total. The van der Waals surface area contributed by atoms with Crippen LogP contribution in [-0.4, -0.2) is 59.8 Å². The number of aromatic nitrogens is 3. The van der Waals surface area contributed by atoms with Gasteiger partial charge in [0, 0.05) is 11.8 Å². The lowest BCUT2D eigenvalue weighted by Gasteiger charge is -2.17. The molecule has 0 radical (unpaired) electrons. The zero-order valence-electron chi connectivity index (χ0n) is 11.3. The van der Waals surface area contributed by atoms with Crippen LogP contribution >= 0.6 is 12.2 Å². The zero-order chi connectivity index (χ0) is 16.0. The standard InChI is InChI=1S/C12H15N5O4S/c13-9-6-4(10(14)22)1-17(11(6)16-3-15-9)12-8(20)7(19)5(2-18)21-12/h1,3,5,7-8,12,18-20H,2H2,(H2,14,22)(H2,13,15,16)/t5-,7-,8+,12+/m0/s1. The van der Waals surface area contributed by atoms with Crippen LogP contribution in [0.5, 0.6) is 0 Å². The van der Waals surface area contributed by atoms with Gasteiger partial charge in [0.25, 0.3) is 0 Å². The number of hydrogen-bond acceptors (Lipinski definition) is 8. The zero-order valence-corrected chi connectivity index (χ0v) is 12.1. The van der Waals surface area contributed by atoms with Crippen molar-refractivity contribution in [1.29, 1.82) is 0 Å². The summed E-state index contributed by atoms with van der Waals surface area (Å²) in [5.74, 6) is 0.193. The third kappa shape index (κ3) is 2.12. The van der Waals surface area contributed by atoms with E-state index in [0.29, 0.717) is 16.6 Å². The number of hydrogen-bond donors (Lipinski definition) is 5. The van der Waals surface area contributed by atoms with Crippen molar-refractivity contribution in [3.05, 3.63) is 18.1 Å².